The van der Waals surface area contributed by atoms with E-state index in [1.54, 1.807) is 6.92 Å². The molecule has 1 atom stereocenters. The number of hydrogen-bond acceptors (Lipinski definition) is 3. The Kier molecular flexibility index (Phi) is 5.44. The number of nitrogens with one attached hydrogen (secondary N) is 1. The normalized spacial score (nSPS) is 12.1. The molecule has 0 spiro atoms. The van der Waals surface area contributed by atoms with Gasteiger partial charge in [0.25, 0.3) is 0 Å². The summed E-state index contributed by atoms with van der Waals surface area (Å²) in [4.78, 5) is 11.2. The van der Waals surface area contributed by atoms with Crippen molar-refractivity contribution in [2.75, 3.05) is 13.2 Å². The lowest BCUT2D eigenvalue weighted by Gasteiger charge is -2.11. The fraction of sp³-hybridized carbons (Fsp3) is 0.462. The summed E-state index contributed by atoms with van der Waals surface area (Å²) in [6.45, 7) is 6.34. The van der Waals surface area contributed by atoms with Crippen LogP contribution >= 0.6 is 11.6 Å². The van der Waals surface area contributed by atoms with E-state index in [-0.39, 0.29) is 5.91 Å². The summed E-state index contributed by atoms with van der Waals surface area (Å²) in [5, 5.41) is 3.44. The van der Waals surface area contributed by atoms with Gasteiger partial charge in [-0.3, -0.25) is 4.79 Å². The molecule has 0 heterocycles. The smallest absolute Gasteiger partial charge is 0.236 e. The minimum absolute atomic E-state index is 0.179. The molecule has 1 unspecified atom stereocenters. The van der Waals surface area contributed by atoms with Gasteiger partial charge in [-0.15, -0.1) is 0 Å². The van der Waals surface area contributed by atoms with E-state index >= 15 is 0 Å². The van der Waals surface area contributed by atoms with Gasteiger partial charge in [-0.1, -0.05) is 11.6 Å². The molecule has 0 aromatic heterocycles. The average Bonchev–Trinajstić information content (AvgIpc) is 2.31. The lowest BCUT2D eigenvalue weighted by Crippen LogP contribution is -2.40. The number of carbonyl (C=O) groups excluding carboxylic acids is 1. The molecule has 1 aromatic rings. The molecule has 1 aromatic carbocycles. The molecule has 100 valence electrons. The maximum atomic E-state index is 11.2. The Hall–Kier alpha value is -1.26. The number of carbonyl (C=O) groups is 1. The van der Waals surface area contributed by atoms with E-state index in [0.717, 1.165) is 21.9 Å². The second-order valence-electron chi connectivity index (χ2n) is 4.30. The Balaban J connectivity index is 2.43. The van der Waals surface area contributed by atoms with E-state index in [4.69, 9.17) is 22.1 Å². The Morgan fingerprint density at radius 1 is 1.44 bits per heavy atom. The Labute approximate surface area is 112 Å². The molecule has 0 aliphatic heterocycles. The van der Waals surface area contributed by atoms with Crippen LogP contribution in [0.5, 0.6) is 5.75 Å². The number of halogens is 1. The monoisotopic (exact) mass is 270 g/mol. The third kappa shape index (κ3) is 4.20. The Bertz CT molecular complexity index is 410. The van der Waals surface area contributed by atoms with Crippen molar-refractivity contribution < 1.29 is 9.53 Å². The van der Waals surface area contributed by atoms with E-state index in [1.807, 2.05) is 26.0 Å². The first kappa shape index (κ1) is 14.8. The quantitative estimate of drug-likeness (QED) is 0.802. The first-order valence-electron chi connectivity index (χ1n) is 5.84. The molecule has 0 saturated carbocycles. The number of amides is 1. The van der Waals surface area contributed by atoms with Gasteiger partial charge in [-0.05, 0) is 44.0 Å². The van der Waals surface area contributed by atoms with Crippen molar-refractivity contribution in [3.63, 3.8) is 0 Å². The molecule has 4 nitrogen and oxygen atoms in total. The minimum Gasteiger partial charge on any atom is -0.492 e. The first-order chi connectivity index (χ1) is 8.41. The molecule has 0 fully saturated rings. The van der Waals surface area contributed by atoms with Gasteiger partial charge in [0.05, 0.1) is 12.6 Å². The molecule has 1 rings (SSSR count). The van der Waals surface area contributed by atoms with Crippen LogP contribution in [0.3, 0.4) is 0 Å². The van der Waals surface area contributed by atoms with Crippen molar-refractivity contribution in [1.82, 2.24) is 5.32 Å². The summed E-state index contributed by atoms with van der Waals surface area (Å²) in [6, 6.07) is 3.26. The highest BCUT2D eigenvalue weighted by Crippen LogP contribution is 2.25. The highest BCUT2D eigenvalue weighted by atomic mass is 35.5. The van der Waals surface area contributed by atoms with Crippen LogP contribution in [0.4, 0.5) is 0 Å². The van der Waals surface area contributed by atoms with Gasteiger partial charge < -0.3 is 15.8 Å². The number of ether oxygens (including phenoxy) is 1. The molecule has 1 amide bonds. The van der Waals surface area contributed by atoms with Crippen LogP contribution in [-0.4, -0.2) is 25.1 Å². The lowest BCUT2D eigenvalue weighted by molar-refractivity contribution is -0.122. The third-order valence-electron chi connectivity index (χ3n) is 2.49. The largest absolute Gasteiger partial charge is 0.492 e. The summed E-state index contributed by atoms with van der Waals surface area (Å²) < 4.78 is 5.54. The topological polar surface area (TPSA) is 64.3 Å². The number of rotatable bonds is 5. The number of nitrogens with two attached hydrogens (primary N) is 1. The van der Waals surface area contributed by atoms with Crippen molar-refractivity contribution in [3.8, 4) is 5.75 Å². The lowest BCUT2D eigenvalue weighted by atomic mass is 10.1. The standard InChI is InChI=1S/C13H19ClN2O2/c1-8-6-11(7-9(2)12(8)14)18-5-4-16-13(17)10(3)15/h6-7,10H,4-5,15H2,1-3H3,(H,16,17). The molecule has 0 aliphatic carbocycles. The fourth-order valence-corrected chi connectivity index (χ4v) is 1.60. The van der Waals surface area contributed by atoms with Crippen LogP contribution in [0.1, 0.15) is 18.1 Å². The van der Waals surface area contributed by atoms with E-state index in [9.17, 15) is 4.79 Å². The van der Waals surface area contributed by atoms with Crippen molar-refractivity contribution >= 4 is 17.5 Å². The number of benzene rings is 1. The second kappa shape index (κ2) is 6.61. The van der Waals surface area contributed by atoms with Crippen LogP contribution in [0, 0.1) is 13.8 Å². The van der Waals surface area contributed by atoms with Crippen molar-refractivity contribution in [1.29, 1.82) is 0 Å². The van der Waals surface area contributed by atoms with E-state index in [2.05, 4.69) is 5.32 Å². The van der Waals surface area contributed by atoms with Crippen molar-refractivity contribution in [2.24, 2.45) is 5.73 Å². The Morgan fingerprint density at radius 2 is 2.00 bits per heavy atom. The zero-order valence-electron chi connectivity index (χ0n) is 10.9. The first-order valence-corrected chi connectivity index (χ1v) is 6.22. The van der Waals surface area contributed by atoms with Gasteiger partial charge in [0.2, 0.25) is 5.91 Å². The summed E-state index contributed by atoms with van der Waals surface area (Å²) in [7, 11) is 0. The van der Waals surface area contributed by atoms with Gasteiger partial charge in [0.1, 0.15) is 12.4 Å². The maximum Gasteiger partial charge on any atom is 0.236 e. The molecule has 0 aliphatic rings. The average molecular weight is 271 g/mol. The zero-order chi connectivity index (χ0) is 13.7. The van der Waals surface area contributed by atoms with E-state index in [0.29, 0.717) is 13.2 Å². The van der Waals surface area contributed by atoms with Crippen LogP contribution < -0.4 is 15.8 Å². The molecule has 18 heavy (non-hydrogen) atoms. The highest BCUT2D eigenvalue weighted by molar-refractivity contribution is 6.32. The predicted octanol–water partition coefficient (Wildman–Crippen LogP) is 1.80. The Morgan fingerprint density at radius 3 is 2.50 bits per heavy atom. The molecule has 0 bridgehead atoms. The van der Waals surface area contributed by atoms with Crippen molar-refractivity contribution in [3.05, 3.63) is 28.3 Å². The fourth-order valence-electron chi connectivity index (χ4n) is 1.49. The van der Waals surface area contributed by atoms with Crippen LogP contribution in [0.2, 0.25) is 5.02 Å². The zero-order valence-corrected chi connectivity index (χ0v) is 11.7. The molecular weight excluding hydrogens is 252 g/mol. The maximum absolute atomic E-state index is 11.2. The van der Waals surface area contributed by atoms with Gasteiger partial charge >= 0.3 is 0 Å². The molecule has 0 saturated heterocycles. The van der Waals surface area contributed by atoms with Crippen molar-refractivity contribution in [2.45, 2.75) is 26.8 Å². The van der Waals surface area contributed by atoms with Gasteiger partial charge in [-0.2, -0.15) is 0 Å². The van der Waals surface area contributed by atoms with Crippen LogP contribution in [-0.2, 0) is 4.79 Å². The highest BCUT2D eigenvalue weighted by Gasteiger charge is 2.06. The SMILES string of the molecule is Cc1cc(OCCNC(=O)C(C)N)cc(C)c1Cl. The molecule has 0 radical (unpaired) electrons. The number of hydrogen-bond donors (Lipinski definition) is 2. The summed E-state index contributed by atoms with van der Waals surface area (Å²) >= 11 is 6.06. The van der Waals surface area contributed by atoms with Crippen LogP contribution in [0.15, 0.2) is 12.1 Å². The predicted molar refractivity (Wildman–Crippen MR) is 73.1 cm³/mol. The molecule has 3 N–H and O–H groups in total. The minimum atomic E-state index is -0.495. The third-order valence-corrected chi connectivity index (χ3v) is 3.09. The molecule has 5 heteroatoms. The van der Waals surface area contributed by atoms with Gasteiger partial charge in [0.15, 0.2) is 0 Å². The summed E-state index contributed by atoms with van der Waals surface area (Å²) in [6.07, 6.45) is 0. The number of aryl methyl sites for hydroxylation is 2. The van der Waals surface area contributed by atoms with E-state index in [1.165, 1.54) is 0 Å². The summed E-state index contributed by atoms with van der Waals surface area (Å²) in [5.74, 6) is 0.575. The second-order valence-corrected chi connectivity index (χ2v) is 4.68. The van der Waals surface area contributed by atoms with Gasteiger partial charge in [0, 0.05) is 5.02 Å². The van der Waals surface area contributed by atoms with E-state index < -0.39 is 6.04 Å². The van der Waals surface area contributed by atoms with Crippen LogP contribution in [0.25, 0.3) is 0 Å². The molecular formula is C13H19ClN2O2. The van der Waals surface area contributed by atoms with Gasteiger partial charge in [-0.25, -0.2) is 0 Å². The summed E-state index contributed by atoms with van der Waals surface area (Å²) in [5.41, 5.74) is 7.37.